The fraction of sp³-hybridized carbons (Fsp3) is 0.200. The van der Waals surface area contributed by atoms with E-state index in [1.165, 1.54) is 0 Å². The van der Waals surface area contributed by atoms with Gasteiger partial charge in [0.2, 0.25) is 5.78 Å². The second-order valence-electron chi connectivity index (χ2n) is 3.15. The number of carbonyl (C=O) groups excluding carboxylic acids is 1. The van der Waals surface area contributed by atoms with Gasteiger partial charge in [0.1, 0.15) is 5.71 Å². The molecule has 0 atom stereocenters. The average molecular weight is 175 g/mol. The van der Waals surface area contributed by atoms with Gasteiger partial charge in [-0.05, 0) is 18.1 Å². The van der Waals surface area contributed by atoms with Crippen LogP contribution in [-0.2, 0) is 6.42 Å². The highest BCUT2D eigenvalue weighted by molar-refractivity contribution is 6.49. The maximum atomic E-state index is 11.5. The number of nitrogens with zero attached hydrogens (tertiary/aromatic N) is 1. The molecule has 0 aliphatic heterocycles. The Kier molecular flexibility index (Phi) is 1.65. The van der Waals surface area contributed by atoms with Gasteiger partial charge in [-0.2, -0.15) is 0 Å². The van der Waals surface area contributed by atoms with E-state index in [4.69, 9.17) is 5.21 Å². The molecule has 3 nitrogen and oxygen atoms in total. The number of hydrogen-bond acceptors (Lipinski definition) is 3. The molecule has 1 aliphatic carbocycles. The predicted molar refractivity (Wildman–Crippen MR) is 48.4 cm³/mol. The second-order valence-corrected chi connectivity index (χ2v) is 3.15. The zero-order chi connectivity index (χ0) is 9.42. The highest BCUT2D eigenvalue weighted by Crippen LogP contribution is 2.23. The summed E-state index contributed by atoms with van der Waals surface area (Å²) in [5, 5.41) is 11.6. The lowest BCUT2D eigenvalue weighted by Gasteiger charge is -1.98. The predicted octanol–water partition coefficient (Wildman–Crippen LogP) is 1.56. The Bertz CT molecular complexity index is 407. The maximum Gasteiger partial charge on any atom is 0.211 e. The van der Waals surface area contributed by atoms with Crippen LogP contribution in [0.25, 0.3) is 0 Å². The van der Waals surface area contributed by atoms with E-state index in [0.29, 0.717) is 12.0 Å². The molecule has 0 heterocycles. The summed E-state index contributed by atoms with van der Waals surface area (Å²) in [5.41, 5.74) is 2.97. The van der Waals surface area contributed by atoms with Crippen LogP contribution in [0.2, 0.25) is 0 Å². The fourth-order valence-corrected chi connectivity index (χ4v) is 1.63. The average Bonchev–Trinajstić information content (AvgIpc) is 2.45. The number of oxime groups is 1. The van der Waals surface area contributed by atoms with Gasteiger partial charge in [0.15, 0.2) is 0 Å². The van der Waals surface area contributed by atoms with Crippen molar-refractivity contribution in [3.63, 3.8) is 0 Å². The fourth-order valence-electron chi connectivity index (χ4n) is 1.63. The quantitative estimate of drug-likeness (QED) is 0.480. The Morgan fingerprint density at radius 3 is 2.85 bits per heavy atom. The van der Waals surface area contributed by atoms with Crippen LogP contribution in [0, 0.1) is 6.92 Å². The molecular formula is C10H9NO2. The first kappa shape index (κ1) is 7.98. The third-order valence-corrected chi connectivity index (χ3v) is 2.38. The van der Waals surface area contributed by atoms with Crippen LogP contribution in [0.3, 0.4) is 0 Å². The first-order valence-corrected chi connectivity index (χ1v) is 4.08. The summed E-state index contributed by atoms with van der Waals surface area (Å²) in [7, 11) is 0. The van der Waals surface area contributed by atoms with E-state index in [1.54, 1.807) is 6.07 Å². The number of hydrogen-bond donors (Lipinski definition) is 1. The van der Waals surface area contributed by atoms with E-state index in [0.717, 1.165) is 11.1 Å². The van der Waals surface area contributed by atoms with Gasteiger partial charge in [-0.1, -0.05) is 23.4 Å². The molecule has 3 heteroatoms. The van der Waals surface area contributed by atoms with Crippen molar-refractivity contribution in [2.24, 2.45) is 5.16 Å². The van der Waals surface area contributed by atoms with Gasteiger partial charge in [-0.25, -0.2) is 0 Å². The molecule has 2 rings (SSSR count). The van der Waals surface area contributed by atoms with Crippen molar-refractivity contribution in [1.82, 2.24) is 0 Å². The number of rotatable bonds is 0. The molecule has 0 aromatic heterocycles. The molecule has 0 radical (unpaired) electrons. The van der Waals surface area contributed by atoms with Gasteiger partial charge in [-0.15, -0.1) is 0 Å². The summed E-state index contributed by atoms with van der Waals surface area (Å²) >= 11 is 0. The van der Waals surface area contributed by atoms with Crippen LogP contribution in [-0.4, -0.2) is 16.7 Å². The lowest BCUT2D eigenvalue weighted by atomic mass is 10.1. The van der Waals surface area contributed by atoms with Crippen molar-refractivity contribution in [1.29, 1.82) is 0 Å². The molecule has 0 fully saturated rings. The third kappa shape index (κ3) is 1.04. The maximum absolute atomic E-state index is 11.5. The van der Waals surface area contributed by atoms with Gasteiger partial charge >= 0.3 is 0 Å². The summed E-state index contributed by atoms with van der Waals surface area (Å²) in [6.45, 7) is 1.95. The molecule has 0 amide bonds. The van der Waals surface area contributed by atoms with Crippen LogP contribution >= 0.6 is 0 Å². The molecular weight excluding hydrogens is 166 g/mol. The number of benzene rings is 1. The Hall–Kier alpha value is -1.64. The van der Waals surface area contributed by atoms with Crippen molar-refractivity contribution in [2.75, 3.05) is 0 Å². The molecule has 66 valence electrons. The highest BCUT2D eigenvalue weighted by Gasteiger charge is 2.27. The van der Waals surface area contributed by atoms with E-state index < -0.39 is 0 Å². The van der Waals surface area contributed by atoms with Gasteiger partial charge in [0.25, 0.3) is 0 Å². The molecule has 1 aromatic rings. The Morgan fingerprint density at radius 1 is 1.46 bits per heavy atom. The third-order valence-electron chi connectivity index (χ3n) is 2.38. The molecule has 13 heavy (non-hydrogen) atoms. The van der Waals surface area contributed by atoms with Crippen molar-refractivity contribution in [2.45, 2.75) is 13.3 Å². The molecule has 1 N–H and O–H groups in total. The molecule has 0 bridgehead atoms. The normalized spacial score (nSPS) is 17.9. The van der Waals surface area contributed by atoms with E-state index in [-0.39, 0.29) is 11.5 Å². The monoisotopic (exact) mass is 175 g/mol. The topological polar surface area (TPSA) is 49.7 Å². The minimum absolute atomic E-state index is 0.152. The number of Topliss-reactive ketones (excluding diaryl/α,β-unsaturated/α-hetero) is 1. The second kappa shape index (κ2) is 2.69. The van der Waals surface area contributed by atoms with Crippen LogP contribution in [0.5, 0.6) is 0 Å². The SMILES string of the molecule is Cc1cccc2c1C/C(=N\O)C2=O. The van der Waals surface area contributed by atoms with Gasteiger partial charge in [-0.3, -0.25) is 4.79 Å². The lowest BCUT2D eigenvalue weighted by Crippen LogP contribution is -2.06. The van der Waals surface area contributed by atoms with Crippen LogP contribution in [0.15, 0.2) is 23.4 Å². The largest absolute Gasteiger partial charge is 0.411 e. The minimum atomic E-state index is -0.152. The zero-order valence-corrected chi connectivity index (χ0v) is 7.24. The Morgan fingerprint density at radius 2 is 2.23 bits per heavy atom. The van der Waals surface area contributed by atoms with Gasteiger partial charge < -0.3 is 5.21 Å². The number of ketones is 1. The number of fused-ring (bicyclic) bond motifs is 1. The highest BCUT2D eigenvalue weighted by atomic mass is 16.4. The van der Waals surface area contributed by atoms with E-state index in [1.807, 2.05) is 19.1 Å². The Balaban J connectivity index is 2.62. The van der Waals surface area contributed by atoms with Crippen LogP contribution in [0.1, 0.15) is 21.5 Å². The van der Waals surface area contributed by atoms with Crippen molar-refractivity contribution in [3.05, 3.63) is 34.9 Å². The van der Waals surface area contributed by atoms with E-state index in [9.17, 15) is 4.79 Å². The standard InChI is InChI=1S/C10H9NO2/c1-6-3-2-4-7-8(6)5-9(11-13)10(7)12/h2-4,13H,5H2,1H3/b11-9+. The summed E-state index contributed by atoms with van der Waals surface area (Å²) in [4.78, 5) is 11.5. The van der Waals surface area contributed by atoms with Crippen LogP contribution < -0.4 is 0 Å². The molecule has 0 saturated carbocycles. The van der Waals surface area contributed by atoms with Crippen LogP contribution in [0.4, 0.5) is 0 Å². The van der Waals surface area contributed by atoms with Crippen molar-refractivity contribution >= 4 is 11.5 Å². The first-order valence-electron chi connectivity index (χ1n) is 4.08. The van der Waals surface area contributed by atoms with E-state index in [2.05, 4.69) is 5.16 Å². The summed E-state index contributed by atoms with van der Waals surface area (Å²) in [6.07, 6.45) is 0.456. The van der Waals surface area contributed by atoms with Crippen molar-refractivity contribution < 1.29 is 10.0 Å². The summed E-state index contributed by atoms with van der Waals surface area (Å²) in [5.74, 6) is -0.152. The first-order chi connectivity index (χ1) is 6.24. The number of aryl methyl sites for hydroxylation is 1. The molecule has 1 aliphatic rings. The van der Waals surface area contributed by atoms with Gasteiger partial charge in [0, 0.05) is 12.0 Å². The minimum Gasteiger partial charge on any atom is -0.411 e. The summed E-state index contributed by atoms with van der Waals surface area (Å²) in [6, 6.07) is 5.56. The molecule has 0 saturated heterocycles. The van der Waals surface area contributed by atoms with E-state index >= 15 is 0 Å². The molecule has 0 unspecified atom stereocenters. The van der Waals surface area contributed by atoms with Gasteiger partial charge in [0.05, 0.1) is 0 Å². The number of carbonyl (C=O) groups is 1. The molecule has 1 aromatic carbocycles. The zero-order valence-electron chi connectivity index (χ0n) is 7.24. The lowest BCUT2D eigenvalue weighted by molar-refractivity contribution is 0.106. The molecule has 0 spiro atoms. The Labute approximate surface area is 75.7 Å². The van der Waals surface area contributed by atoms with Crippen molar-refractivity contribution in [3.8, 4) is 0 Å². The smallest absolute Gasteiger partial charge is 0.211 e. The summed E-state index contributed by atoms with van der Waals surface area (Å²) < 4.78 is 0.